The van der Waals surface area contributed by atoms with Crippen molar-refractivity contribution in [3.63, 3.8) is 0 Å². The molecule has 0 unspecified atom stereocenters. The van der Waals surface area contributed by atoms with E-state index in [-0.39, 0.29) is 0 Å². The molecule has 7 nitrogen and oxygen atoms in total. The van der Waals surface area contributed by atoms with Crippen molar-refractivity contribution in [2.45, 2.75) is 33.3 Å². The molecule has 3 heterocycles. The van der Waals surface area contributed by atoms with E-state index in [0.717, 1.165) is 27.2 Å². The van der Waals surface area contributed by atoms with Crippen molar-refractivity contribution in [2.24, 2.45) is 0 Å². The molecule has 0 aliphatic rings. The van der Waals surface area contributed by atoms with E-state index in [1.807, 2.05) is 69.6 Å². The van der Waals surface area contributed by atoms with Crippen LogP contribution >= 0.6 is 11.3 Å². The lowest BCUT2D eigenvalue weighted by atomic mass is 10.1. The normalized spacial score (nSPS) is 11.6. The van der Waals surface area contributed by atoms with E-state index in [1.54, 1.807) is 23.1 Å². The number of carbonyl (C=O) groups is 1. The summed E-state index contributed by atoms with van der Waals surface area (Å²) >= 11 is 1.58. The second-order valence-corrected chi connectivity index (χ2v) is 8.90. The van der Waals surface area contributed by atoms with Gasteiger partial charge in [0.05, 0.1) is 21.4 Å². The van der Waals surface area contributed by atoms with E-state index in [2.05, 4.69) is 21.1 Å². The zero-order valence-corrected chi connectivity index (χ0v) is 18.4. The Hall–Kier alpha value is -3.26. The van der Waals surface area contributed by atoms with Gasteiger partial charge in [-0.1, -0.05) is 12.1 Å². The summed E-state index contributed by atoms with van der Waals surface area (Å²) in [6, 6.07) is 13.7. The second-order valence-electron chi connectivity index (χ2n) is 8.01. The summed E-state index contributed by atoms with van der Waals surface area (Å²) in [5.41, 5.74) is 4.87. The molecule has 0 bridgehead atoms. The Morgan fingerprint density at radius 2 is 1.97 bits per heavy atom. The first-order valence-corrected chi connectivity index (χ1v) is 10.4. The first kappa shape index (κ1) is 20.0. The summed E-state index contributed by atoms with van der Waals surface area (Å²) in [6.07, 6.45) is -0.464. The van der Waals surface area contributed by atoms with Gasteiger partial charge < -0.3 is 4.74 Å². The molecule has 154 valence electrons. The van der Waals surface area contributed by atoms with E-state index in [1.165, 1.54) is 4.90 Å². The fourth-order valence-corrected chi connectivity index (χ4v) is 3.71. The van der Waals surface area contributed by atoms with Gasteiger partial charge in [0.15, 0.2) is 11.6 Å². The number of hydrogen-bond donors (Lipinski definition) is 0. The number of hydrogen-bond acceptors (Lipinski definition) is 6. The second kappa shape index (κ2) is 7.53. The zero-order chi connectivity index (χ0) is 21.5. The van der Waals surface area contributed by atoms with Crippen molar-refractivity contribution in [1.82, 2.24) is 19.7 Å². The maximum atomic E-state index is 12.6. The quantitative estimate of drug-likeness (QED) is 0.453. The van der Waals surface area contributed by atoms with Crippen molar-refractivity contribution in [2.75, 3.05) is 11.9 Å². The van der Waals surface area contributed by atoms with Gasteiger partial charge in [-0.2, -0.15) is 0 Å². The van der Waals surface area contributed by atoms with E-state index >= 15 is 0 Å². The Bertz CT molecular complexity index is 1220. The Balaban J connectivity index is 1.82. The minimum Gasteiger partial charge on any atom is -0.443 e. The molecule has 4 aromatic rings. The van der Waals surface area contributed by atoms with Crippen LogP contribution in [0.25, 0.3) is 27.3 Å². The molecule has 0 spiro atoms. The topological polar surface area (TPSA) is 73.1 Å². The molecule has 0 atom stereocenters. The SMILES string of the molecule is Cc1cccc(-n2nc(N(C)C(=O)OC(C)(C)C)cc2-c2ccc3ncsc3c2)n1. The number of fused-ring (bicyclic) bond motifs is 1. The Morgan fingerprint density at radius 3 is 2.70 bits per heavy atom. The maximum absolute atomic E-state index is 12.6. The largest absolute Gasteiger partial charge is 0.443 e. The fraction of sp³-hybridized carbons (Fsp3) is 0.273. The van der Waals surface area contributed by atoms with Gasteiger partial charge in [-0.3, -0.25) is 4.90 Å². The third-order valence-electron chi connectivity index (χ3n) is 4.43. The summed E-state index contributed by atoms with van der Waals surface area (Å²) in [5, 5.41) is 4.68. The highest BCUT2D eigenvalue weighted by Crippen LogP contribution is 2.30. The molecule has 0 aliphatic carbocycles. The van der Waals surface area contributed by atoms with Gasteiger partial charge in [-0.25, -0.2) is 19.4 Å². The summed E-state index contributed by atoms with van der Waals surface area (Å²) in [5.74, 6) is 1.16. The lowest BCUT2D eigenvalue weighted by Crippen LogP contribution is -2.34. The van der Waals surface area contributed by atoms with Crippen molar-refractivity contribution in [1.29, 1.82) is 0 Å². The highest BCUT2D eigenvalue weighted by Gasteiger charge is 2.24. The number of thiazole rings is 1. The predicted molar refractivity (Wildman–Crippen MR) is 119 cm³/mol. The van der Waals surface area contributed by atoms with Crippen LogP contribution in [0.2, 0.25) is 0 Å². The van der Waals surface area contributed by atoms with Gasteiger partial charge in [0, 0.05) is 24.4 Å². The molecule has 1 amide bonds. The lowest BCUT2D eigenvalue weighted by molar-refractivity contribution is 0.0588. The van der Waals surface area contributed by atoms with Crippen molar-refractivity contribution in [3.05, 3.63) is 53.7 Å². The number of pyridine rings is 1. The molecule has 0 saturated carbocycles. The van der Waals surface area contributed by atoms with Crippen molar-refractivity contribution in [3.8, 4) is 17.1 Å². The molecule has 3 aromatic heterocycles. The number of benzene rings is 1. The van der Waals surface area contributed by atoms with Crippen molar-refractivity contribution >= 4 is 33.5 Å². The van der Waals surface area contributed by atoms with Crippen LogP contribution in [0.15, 0.2) is 48.0 Å². The summed E-state index contributed by atoms with van der Waals surface area (Å²) in [6.45, 7) is 7.45. The van der Waals surface area contributed by atoms with Gasteiger partial charge >= 0.3 is 6.09 Å². The standard InChI is InChI=1S/C22H23N5O2S/c1-14-7-6-8-19(24-14)27-17(15-9-10-16-18(11-15)30-13-23-16)12-20(25-27)26(5)21(28)29-22(2,3)4/h6-13H,1-5H3. The molecule has 0 fully saturated rings. The van der Waals surface area contributed by atoms with E-state index in [0.29, 0.717) is 11.6 Å². The Morgan fingerprint density at radius 1 is 1.17 bits per heavy atom. The van der Waals surface area contributed by atoms with E-state index < -0.39 is 11.7 Å². The number of carbonyl (C=O) groups excluding carboxylic acids is 1. The third kappa shape index (κ3) is 4.04. The average Bonchev–Trinajstić information content (AvgIpc) is 3.32. The van der Waals surface area contributed by atoms with Crippen LogP contribution in [-0.2, 0) is 4.74 Å². The molecule has 1 aromatic carbocycles. The highest BCUT2D eigenvalue weighted by molar-refractivity contribution is 7.16. The number of ether oxygens (including phenoxy) is 1. The number of aryl methyl sites for hydroxylation is 1. The molecular weight excluding hydrogens is 398 g/mol. The molecule has 0 N–H and O–H groups in total. The van der Waals surface area contributed by atoms with Crippen LogP contribution in [0.5, 0.6) is 0 Å². The average molecular weight is 422 g/mol. The summed E-state index contributed by atoms with van der Waals surface area (Å²) < 4.78 is 8.33. The van der Waals surface area contributed by atoms with Crippen LogP contribution in [0, 0.1) is 6.92 Å². The number of rotatable bonds is 3. The molecular formula is C22H23N5O2S. The first-order chi connectivity index (χ1) is 14.2. The smallest absolute Gasteiger partial charge is 0.415 e. The third-order valence-corrected chi connectivity index (χ3v) is 5.22. The van der Waals surface area contributed by atoms with Crippen LogP contribution in [-0.4, -0.2) is 38.5 Å². The van der Waals surface area contributed by atoms with Gasteiger partial charge in [0.1, 0.15) is 5.60 Å². The highest BCUT2D eigenvalue weighted by atomic mass is 32.1. The predicted octanol–water partition coefficient (Wildman–Crippen LogP) is 5.22. The molecule has 4 rings (SSSR count). The number of amides is 1. The first-order valence-electron chi connectivity index (χ1n) is 9.56. The van der Waals surface area contributed by atoms with Crippen LogP contribution < -0.4 is 4.90 Å². The van der Waals surface area contributed by atoms with Gasteiger partial charge in [-0.05, 0) is 52.0 Å². The maximum Gasteiger partial charge on any atom is 0.415 e. The Kier molecular flexibility index (Phi) is 5.03. The number of aromatic nitrogens is 4. The number of nitrogens with zero attached hydrogens (tertiary/aromatic N) is 5. The molecule has 30 heavy (non-hydrogen) atoms. The molecule has 8 heteroatoms. The number of anilines is 1. The van der Waals surface area contributed by atoms with Crippen LogP contribution in [0.3, 0.4) is 0 Å². The van der Waals surface area contributed by atoms with Crippen LogP contribution in [0.1, 0.15) is 26.5 Å². The van der Waals surface area contributed by atoms with Gasteiger partial charge in [0.2, 0.25) is 0 Å². The lowest BCUT2D eigenvalue weighted by Gasteiger charge is -2.23. The molecule has 0 radical (unpaired) electrons. The monoisotopic (exact) mass is 421 g/mol. The minimum absolute atomic E-state index is 0.464. The summed E-state index contributed by atoms with van der Waals surface area (Å²) in [7, 11) is 1.65. The fourth-order valence-electron chi connectivity index (χ4n) is 3.00. The van der Waals surface area contributed by atoms with Crippen molar-refractivity contribution < 1.29 is 9.53 Å². The Labute approximate surface area is 179 Å². The minimum atomic E-state index is -0.591. The van der Waals surface area contributed by atoms with Gasteiger partial charge in [0.25, 0.3) is 0 Å². The molecule has 0 aliphatic heterocycles. The summed E-state index contributed by atoms with van der Waals surface area (Å²) in [4.78, 5) is 23.0. The zero-order valence-electron chi connectivity index (χ0n) is 17.6. The van der Waals surface area contributed by atoms with E-state index in [4.69, 9.17) is 4.74 Å². The molecule has 0 saturated heterocycles. The van der Waals surface area contributed by atoms with Crippen LogP contribution in [0.4, 0.5) is 10.6 Å². The van der Waals surface area contributed by atoms with E-state index in [9.17, 15) is 4.79 Å². The van der Waals surface area contributed by atoms with Gasteiger partial charge in [-0.15, -0.1) is 16.4 Å².